The molecule has 2 unspecified atom stereocenters. The molecule has 1 saturated heterocycles. The number of hydrogen-bond donors (Lipinski definition) is 1. The zero-order valence-electron chi connectivity index (χ0n) is 10.9. The number of piperidine rings is 1. The molecule has 2 amide bonds. The van der Waals surface area contributed by atoms with Gasteiger partial charge in [0.2, 0.25) is 0 Å². The molecule has 1 aliphatic rings. The van der Waals surface area contributed by atoms with Gasteiger partial charge in [0.25, 0.3) is 0 Å². The number of carbonyl (C=O) groups is 1. The first-order chi connectivity index (χ1) is 7.49. The predicted octanol–water partition coefficient (Wildman–Crippen LogP) is 2.84. The van der Waals surface area contributed by atoms with E-state index >= 15 is 0 Å². The Bertz CT molecular complexity index is 251. The summed E-state index contributed by atoms with van der Waals surface area (Å²) in [6.07, 6.45) is 4.98. The van der Waals surface area contributed by atoms with Crippen LogP contribution in [0.15, 0.2) is 12.3 Å². The average Bonchev–Trinajstić information content (AvgIpc) is 2.15. The van der Waals surface area contributed by atoms with Crippen molar-refractivity contribution in [3.63, 3.8) is 0 Å². The van der Waals surface area contributed by atoms with Gasteiger partial charge in [0, 0.05) is 19.3 Å². The van der Waals surface area contributed by atoms with Crippen molar-refractivity contribution in [2.75, 3.05) is 13.1 Å². The molecule has 0 spiro atoms. The number of nitrogens with zero attached hydrogens (tertiary/aromatic N) is 1. The van der Waals surface area contributed by atoms with Crippen molar-refractivity contribution < 1.29 is 4.79 Å². The number of amides is 2. The second kappa shape index (κ2) is 5.92. The van der Waals surface area contributed by atoms with Crippen molar-refractivity contribution in [3.8, 4) is 0 Å². The van der Waals surface area contributed by atoms with Crippen LogP contribution >= 0.6 is 0 Å². The molecular formula is C13H24N2O. The molecule has 0 bridgehead atoms. The first kappa shape index (κ1) is 13.1. The van der Waals surface area contributed by atoms with Crippen molar-refractivity contribution in [1.82, 2.24) is 10.2 Å². The Morgan fingerprint density at radius 3 is 2.38 bits per heavy atom. The first-order valence-corrected chi connectivity index (χ1v) is 6.21. The Morgan fingerprint density at radius 1 is 1.31 bits per heavy atom. The van der Waals surface area contributed by atoms with Gasteiger partial charge in [-0.1, -0.05) is 33.8 Å². The Balaban J connectivity index is 2.41. The largest absolute Gasteiger partial charge is 0.324 e. The van der Waals surface area contributed by atoms with Crippen LogP contribution in [0.25, 0.3) is 0 Å². The van der Waals surface area contributed by atoms with Gasteiger partial charge in [0.1, 0.15) is 0 Å². The highest BCUT2D eigenvalue weighted by molar-refractivity contribution is 5.75. The minimum Gasteiger partial charge on any atom is -0.324 e. The van der Waals surface area contributed by atoms with Crippen molar-refractivity contribution in [2.24, 2.45) is 17.8 Å². The molecule has 16 heavy (non-hydrogen) atoms. The van der Waals surface area contributed by atoms with Crippen LogP contribution in [0, 0.1) is 17.8 Å². The van der Waals surface area contributed by atoms with Crippen LogP contribution in [-0.4, -0.2) is 24.0 Å². The fourth-order valence-corrected chi connectivity index (χ4v) is 2.23. The van der Waals surface area contributed by atoms with Crippen LogP contribution in [0.1, 0.15) is 34.1 Å². The SMILES string of the molecule is CC(C)/C=C/NC(=O)N1CC(C)CC(C)C1. The molecule has 2 atom stereocenters. The van der Waals surface area contributed by atoms with E-state index in [-0.39, 0.29) is 6.03 Å². The molecule has 1 N–H and O–H groups in total. The molecule has 1 aliphatic heterocycles. The lowest BCUT2D eigenvalue weighted by molar-refractivity contribution is 0.149. The van der Waals surface area contributed by atoms with Crippen molar-refractivity contribution in [1.29, 1.82) is 0 Å². The summed E-state index contributed by atoms with van der Waals surface area (Å²) in [5, 5.41) is 2.83. The third-order valence-corrected chi connectivity index (χ3v) is 2.84. The highest BCUT2D eigenvalue weighted by Crippen LogP contribution is 2.20. The lowest BCUT2D eigenvalue weighted by Crippen LogP contribution is -2.46. The Kier molecular flexibility index (Phi) is 4.84. The van der Waals surface area contributed by atoms with Crippen molar-refractivity contribution in [2.45, 2.75) is 34.1 Å². The Morgan fingerprint density at radius 2 is 1.88 bits per heavy atom. The highest BCUT2D eigenvalue weighted by atomic mass is 16.2. The summed E-state index contributed by atoms with van der Waals surface area (Å²) >= 11 is 0. The minimum absolute atomic E-state index is 0.0373. The van der Waals surface area contributed by atoms with Gasteiger partial charge in [-0.15, -0.1) is 0 Å². The van der Waals surface area contributed by atoms with Gasteiger partial charge in [0.15, 0.2) is 0 Å². The molecule has 0 aromatic rings. The van der Waals surface area contributed by atoms with E-state index in [9.17, 15) is 4.79 Å². The molecule has 0 radical (unpaired) electrons. The molecule has 92 valence electrons. The third-order valence-electron chi connectivity index (χ3n) is 2.84. The molecule has 1 heterocycles. The molecule has 0 aromatic carbocycles. The standard InChI is InChI=1S/C13H24N2O/c1-10(2)5-6-14-13(16)15-8-11(3)7-12(4)9-15/h5-6,10-12H,7-9H2,1-4H3,(H,14,16)/b6-5+. The zero-order chi connectivity index (χ0) is 12.1. The van der Waals surface area contributed by atoms with Gasteiger partial charge in [-0.05, 0) is 24.2 Å². The third kappa shape index (κ3) is 4.25. The van der Waals surface area contributed by atoms with E-state index in [0.717, 1.165) is 13.1 Å². The summed E-state index contributed by atoms with van der Waals surface area (Å²) in [4.78, 5) is 13.8. The predicted molar refractivity (Wildman–Crippen MR) is 67.0 cm³/mol. The normalized spacial score (nSPS) is 26.4. The number of urea groups is 1. The van der Waals surface area contributed by atoms with E-state index in [4.69, 9.17) is 0 Å². The number of rotatable bonds is 2. The molecule has 3 heteroatoms. The van der Waals surface area contributed by atoms with Crippen LogP contribution in [0.2, 0.25) is 0 Å². The van der Waals surface area contributed by atoms with E-state index in [0.29, 0.717) is 17.8 Å². The van der Waals surface area contributed by atoms with Gasteiger partial charge in [-0.3, -0.25) is 0 Å². The zero-order valence-corrected chi connectivity index (χ0v) is 10.9. The minimum atomic E-state index is 0.0373. The average molecular weight is 224 g/mol. The van der Waals surface area contributed by atoms with Gasteiger partial charge < -0.3 is 10.2 Å². The molecule has 0 saturated carbocycles. The van der Waals surface area contributed by atoms with Gasteiger partial charge in [0.05, 0.1) is 0 Å². The van der Waals surface area contributed by atoms with Crippen LogP contribution in [-0.2, 0) is 0 Å². The monoisotopic (exact) mass is 224 g/mol. The maximum absolute atomic E-state index is 11.8. The van der Waals surface area contributed by atoms with Crippen LogP contribution in [0.3, 0.4) is 0 Å². The topological polar surface area (TPSA) is 32.3 Å². The summed E-state index contributed by atoms with van der Waals surface area (Å²) < 4.78 is 0. The second-order valence-corrected chi connectivity index (χ2v) is 5.40. The lowest BCUT2D eigenvalue weighted by atomic mass is 9.92. The first-order valence-electron chi connectivity index (χ1n) is 6.21. The number of nitrogens with one attached hydrogen (secondary N) is 1. The van der Waals surface area contributed by atoms with Crippen LogP contribution in [0.5, 0.6) is 0 Å². The molecule has 1 fully saturated rings. The Labute approximate surface area is 98.9 Å². The fourth-order valence-electron chi connectivity index (χ4n) is 2.23. The summed E-state index contributed by atoms with van der Waals surface area (Å²) in [6, 6.07) is 0.0373. The highest BCUT2D eigenvalue weighted by Gasteiger charge is 2.24. The van der Waals surface area contributed by atoms with Crippen LogP contribution < -0.4 is 5.32 Å². The van der Waals surface area contributed by atoms with E-state index in [2.05, 4.69) is 33.0 Å². The molecule has 0 aromatic heterocycles. The quantitative estimate of drug-likeness (QED) is 0.768. The molecule has 3 nitrogen and oxygen atoms in total. The molecular weight excluding hydrogens is 200 g/mol. The summed E-state index contributed by atoms with van der Waals surface area (Å²) in [5.41, 5.74) is 0. The maximum atomic E-state index is 11.8. The smallest absolute Gasteiger partial charge is 0.321 e. The van der Waals surface area contributed by atoms with Crippen LogP contribution in [0.4, 0.5) is 4.79 Å². The second-order valence-electron chi connectivity index (χ2n) is 5.40. The fraction of sp³-hybridized carbons (Fsp3) is 0.769. The van der Waals surface area contributed by atoms with Gasteiger partial charge >= 0.3 is 6.03 Å². The van der Waals surface area contributed by atoms with E-state index in [1.165, 1.54) is 6.42 Å². The summed E-state index contributed by atoms with van der Waals surface area (Å²) in [5.74, 6) is 1.70. The van der Waals surface area contributed by atoms with E-state index in [1.807, 2.05) is 11.0 Å². The van der Waals surface area contributed by atoms with Crippen molar-refractivity contribution >= 4 is 6.03 Å². The maximum Gasteiger partial charge on any atom is 0.321 e. The van der Waals surface area contributed by atoms with Crippen molar-refractivity contribution in [3.05, 3.63) is 12.3 Å². The summed E-state index contributed by atoms with van der Waals surface area (Å²) in [6.45, 7) is 10.4. The Hall–Kier alpha value is -0.990. The van der Waals surface area contributed by atoms with Gasteiger partial charge in [-0.2, -0.15) is 0 Å². The van der Waals surface area contributed by atoms with E-state index in [1.54, 1.807) is 6.20 Å². The van der Waals surface area contributed by atoms with Gasteiger partial charge in [-0.25, -0.2) is 4.79 Å². The number of allylic oxidation sites excluding steroid dienone is 1. The summed E-state index contributed by atoms with van der Waals surface area (Å²) in [7, 11) is 0. The molecule has 0 aliphatic carbocycles. The lowest BCUT2D eigenvalue weighted by Gasteiger charge is -2.34. The number of likely N-dealkylation sites (tertiary alicyclic amines) is 1. The number of carbonyl (C=O) groups excluding carboxylic acids is 1. The van der Waals surface area contributed by atoms with E-state index < -0.39 is 0 Å². The molecule has 1 rings (SSSR count). The number of hydrogen-bond acceptors (Lipinski definition) is 1.